The second-order valence-electron chi connectivity index (χ2n) is 7.50. The lowest BCUT2D eigenvalue weighted by atomic mass is 10.1. The van der Waals surface area contributed by atoms with Crippen LogP contribution in [0.2, 0.25) is 0 Å². The van der Waals surface area contributed by atoms with Gasteiger partial charge in [-0.25, -0.2) is 0 Å². The fourth-order valence-corrected chi connectivity index (χ4v) is 3.79. The molecule has 0 aliphatic rings. The first-order valence-corrected chi connectivity index (χ1v) is 10.5. The molecule has 24 heavy (non-hydrogen) atoms. The van der Waals surface area contributed by atoms with Crippen molar-refractivity contribution in [1.29, 1.82) is 0 Å². The fraction of sp³-hybridized carbons (Fsp3) is 0.941. The van der Waals surface area contributed by atoms with Crippen LogP contribution in [0.3, 0.4) is 0 Å². The van der Waals surface area contributed by atoms with Crippen LogP contribution in [-0.2, 0) is 19.1 Å². The summed E-state index contributed by atoms with van der Waals surface area (Å²) in [6.07, 6.45) is 7.21. The van der Waals surface area contributed by atoms with E-state index in [2.05, 4.69) is 6.92 Å². The summed E-state index contributed by atoms with van der Waals surface area (Å²) in [6, 6.07) is 0. The first-order chi connectivity index (χ1) is 11.1. The summed E-state index contributed by atoms with van der Waals surface area (Å²) >= 11 is 0. The topological polar surface area (TPSA) is 83.5 Å². The lowest BCUT2D eigenvalue weighted by Crippen LogP contribution is -2.45. The number of aliphatic carboxylic acids is 1. The van der Waals surface area contributed by atoms with Gasteiger partial charge >= 0.3 is 0 Å². The van der Waals surface area contributed by atoms with Gasteiger partial charge in [0.15, 0.2) is 0 Å². The molecule has 144 valence electrons. The molecule has 0 aromatic carbocycles. The Morgan fingerprint density at radius 2 is 1.50 bits per heavy atom. The predicted octanol–water partition coefficient (Wildman–Crippen LogP) is 1.69. The van der Waals surface area contributed by atoms with Gasteiger partial charge in [-0.15, -0.1) is 0 Å². The molecular formula is C17H35NO5S. The molecule has 0 aliphatic carbocycles. The Labute approximate surface area is 147 Å². The van der Waals surface area contributed by atoms with Crippen molar-refractivity contribution in [2.24, 2.45) is 0 Å². The number of rotatable bonds is 15. The van der Waals surface area contributed by atoms with Crippen molar-refractivity contribution in [3.63, 3.8) is 0 Å². The van der Waals surface area contributed by atoms with E-state index in [0.29, 0.717) is 17.4 Å². The summed E-state index contributed by atoms with van der Waals surface area (Å²) in [5.74, 6) is -1.35. The Hall–Kier alpha value is -0.660. The van der Waals surface area contributed by atoms with E-state index in [1.807, 2.05) is 21.1 Å². The number of carboxylic acid groups (broad SMARTS) is 1. The lowest BCUT2D eigenvalue weighted by molar-refractivity contribution is -0.873. The molecule has 0 bridgehead atoms. The number of likely N-dealkylation sites (N-methyl/N-ethyl adjacent to an activating group) is 1. The van der Waals surface area contributed by atoms with Gasteiger partial charge in [-0.05, 0) is 6.42 Å². The number of unbranched alkanes of at least 4 members (excludes halogenated alkanes) is 7. The van der Waals surface area contributed by atoms with E-state index in [0.717, 1.165) is 19.3 Å². The largest absolute Gasteiger partial charge is 0.550 e. The third-order valence-electron chi connectivity index (χ3n) is 3.68. The zero-order chi connectivity index (χ0) is 18.6. The summed E-state index contributed by atoms with van der Waals surface area (Å²) in [4.78, 5) is 10.8. The van der Waals surface area contributed by atoms with E-state index in [9.17, 15) is 18.3 Å². The fourth-order valence-electron chi connectivity index (χ4n) is 2.59. The van der Waals surface area contributed by atoms with Crippen molar-refractivity contribution in [3.05, 3.63) is 0 Å². The van der Waals surface area contributed by atoms with Gasteiger partial charge in [0.1, 0.15) is 12.6 Å². The first-order valence-electron chi connectivity index (χ1n) is 8.97. The van der Waals surface area contributed by atoms with Crippen molar-refractivity contribution < 1.29 is 27.0 Å². The number of carbonyl (C=O) groups excluding carboxylic acids is 1. The van der Waals surface area contributed by atoms with Gasteiger partial charge in [-0.2, -0.15) is 8.42 Å². The summed E-state index contributed by atoms with van der Waals surface area (Å²) in [5, 5.41) is 10.8. The highest BCUT2D eigenvalue weighted by Crippen LogP contribution is 2.12. The zero-order valence-corrected chi connectivity index (χ0v) is 16.6. The van der Waals surface area contributed by atoms with Gasteiger partial charge in [-0.3, -0.25) is 4.18 Å². The van der Waals surface area contributed by atoms with Gasteiger partial charge in [-0.1, -0.05) is 51.9 Å². The highest BCUT2D eigenvalue weighted by atomic mass is 32.2. The Kier molecular flexibility index (Phi) is 11.5. The van der Waals surface area contributed by atoms with Crippen molar-refractivity contribution in [2.75, 3.05) is 33.4 Å². The zero-order valence-electron chi connectivity index (χ0n) is 15.8. The molecule has 6 nitrogen and oxygen atoms in total. The second-order valence-corrected chi connectivity index (χ2v) is 9.22. The standard InChI is InChI=1S/C17H35NO5S/c1-5-6-7-8-9-10-11-12-13-24(21,22)23-16(14-17(19)20)15-18(2,3)4/h16H,5-15H2,1-4H3/t16-/m1/s1. The number of hydrogen-bond acceptors (Lipinski definition) is 5. The molecule has 0 amide bonds. The molecule has 0 heterocycles. The third kappa shape index (κ3) is 14.9. The van der Waals surface area contributed by atoms with E-state index < -0.39 is 28.6 Å². The van der Waals surface area contributed by atoms with Crippen molar-refractivity contribution in [1.82, 2.24) is 0 Å². The molecule has 1 atom stereocenters. The molecule has 0 saturated carbocycles. The number of carboxylic acids is 1. The molecule has 0 fully saturated rings. The number of carbonyl (C=O) groups is 1. The second kappa shape index (κ2) is 11.8. The van der Waals surface area contributed by atoms with Crippen molar-refractivity contribution in [2.45, 2.75) is 70.8 Å². The minimum absolute atomic E-state index is 0.0529. The SMILES string of the molecule is CCCCCCCCCCS(=O)(=O)O[C@H](CC(=O)[O-])C[N+](C)(C)C. The molecule has 0 aromatic rings. The quantitative estimate of drug-likeness (QED) is 0.250. The molecule has 0 N–H and O–H groups in total. The predicted molar refractivity (Wildman–Crippen MR) is 93.8 cm³/mol. The Morgan fingerprint density at radius 1 is 1.00 bits per heavy atom. The van der Waals surface area contributed by atoms with E-state index in [1.165, 1.54) is 25.7 Å². The number of nitrogens with zero attached hydrogens (tertiary/aromatic N) is 1. The highest BCUT2D eigenvalue weighted by Gasteiger charge is 2.25. The van der Waals surface area contributed by atoms with Crippen LogP contribution in [0.1, 0.15) is 64.7 Å². The normalized spacial score (nSPS) is 13.8. The van der Waals surface area contributed by atoms with Crippen LogP contribution in [0.15, 0.2) is 0 Å². The van der Waals surface area contributed by atoms with Crippen LogP contribution >= 0.6 is 0 Å². The summed E-state index contributed by atoms with van der Waals surface area (Å²) < 4.78 is 29.6. The first kappa shape index (κ1) is 23.3. The molecule has 0 spiro atoms. The third-order valence-corrected chi connectivity index (χ3v) is 5.03. The van der Waals surface area contributed by atoms with Gasteiger partial charge < -0.3 is 14.4 Å². The minimum atomic E-state index is -3.70. The summed E-state index contributed by atoms with van der Waals surface area (Å²) in [7, 11) is 1.87. The van der Waals surface area contributed by atoms with Crippen LogP contribution in [0.4, 0.5) is 0 Å². The smallest absolute Gasteiger partial charge is 0.267 e. The molecule has 0 aliphatic heterocycles. The maximum Gasteiger partial charge on any atom is 0.267 e. The van der Waals surface area contributed by atoms with Gasteiger partial charge in [0.25, 0.3) is 10.1 Å². The molecule has 0 aromatic heterocycles. The lowest BCUT2D eigenvalue weighted by Gasteiger charge is -2.29. The molecule has 0 rings (SSSR count). The monoisotopic (exact) mass is 365 g/mol. The molecule has 0 radical (unpaired) electrons. The van der Waals surface area contributed by atoms with Gasteiger partial charge in [0, 0.05) is 12.4 Å². The Bertz CT molecular complexity index is 442. The van der Waals surface area contributed by atoms with Crippen molar-refractivity contribution >= 4 is 16.1 Å². The molecule has 7 heteroatoms. The van der Waals surface area contributed by atoms with Crippen LogP contribution in [0.25, 0.3) is 0 Å². The van der Waals surface area contributed by atoms with Crippen LogP contribution in [0.5, 0.6) is 0 Å². The maximum absolute atomic E-state index is 12.0. The highest BCUT2D eigenvalue weighted by molar-refractivity contribution is 7.86. The van der Waals surface area contributed by atoms with Gasteiger partial charge in [0.2, 0.25) is 0 Å². The van der Waals surface area contributed by atoms with Crippen LogP contribution in [-0.4, -0.2) is 58.4 Å². The van der Waals surface area contributed by atoms with E-state index >= 15 is 0 Å². The average Bonchev–Trinajstić information content (AvgIpc) is 2.38. The summed E-state index contributed by atoms with van der Waals surface area (Å²) in [5.41, 5.74) is 0. The molecule has 0 saturated heterocycles. The van der Waals surface area contributed by atoms with Crippen LogP contribution < -0.4 is 5.11 Å². The maximum atomic E-state index is 12.0. The Morgan fingerprint density at radius 3 is 1.96 bits per heavy atom. The Balaban J connectivity index is 4.16. The van der Waals surface area contributed by atoms with Gasteiger partial charge in [0.05, 0.1) is 26.9 Å². The van der Waals surface area contributed by atoms with Crippen molar-refractivity contribution in [3.8, 4) is 0 Å². The number of hydrogen-bond donors (Lipinski definition) is 0. The molecule has 0 unspecified atom stereocenters. The van der Waals surface area contributed by atoms with E-state index in [-0.39, 0.29) is 5.75 Å². The molecular weight excluding hydrogens is 330 g/mol. The summed E-state index contributed by atoms with van der Waals surface area (Å²) in [6.45, 7) is 2.47. The van der Waals surface area contributed by atoms with E-state index in [4.69, 9.17) is 4.18 Å². The van der Waals surface area contributed by atoms with Crippen LogP contribution in [0, 0.1) is 0 Å². The van der Waals surface area contributed by atoms with E-state index in [1.54, 1.807) is 0 Å². The minimum Gasteiger partial charge on any atom is -0.550 e. The number of quaternary nitrogens is 1. The average molecular weight is 366 g/mol.